The number of anilines is 1. The Balaban J connectivity index is 1.34. The third-order valence-corrected chi connectivity index (χ3v) is 6.85. The van der Waals surface area contributed by atoms with Crippen LogP contribution in [-0.2, 0) is 0 Å². The highest BCUT2D eigenvalue weighted by Gasteiger charge is 2.36. The Bertz CT molecular complexity index is 1400. The van der Waals surface area contributed by atoms with E-state index in [2.05, 4.69) is 33.3 Å². The SMILES string of the molecule is Cc1ccc2nccc(N3CCCC(O)(CN(C)C(=O)c4ccc5c(c4)ncn5C(C)C)C3)c2n1. The Hall–Kier alpha value is -3.52. The Kier molecular flexibility index (Phi) is 5.92. The summed E-state index contributed by atoms with van der Waals surface area (Å²) >= 11 is 0. The van der Waals surface area contributed by atoms with Gasteiger partial charge in [0.25, 0.3) is 5.91 Å². The molecule has 8 nitrogen and oxygen atoms in total. The monoisotopic (exact) mass is 472 g/mol. The summed E-state index contributed by atoms with van der Waals surface area (Å²) in [6.07, 6.45) is 5.06. The number of carbonyl (C=O) groups is 1. The van der Waals surface area contributed by atoms with Gasteiger partial charge >= 0.3 is 0 Å². The lowest BCUT2D eigenvalue weighted by atomic mass is 9.91. The van der Waals surface area contributed by atoms with Gasteiger partial charge in [-0.05, 0) is 70.0 Å². The van der Waals surface area contributed by atoms with E-state index in [1.165, 1.54) is 0 Å². The number of hydrogen-bond donors (Lipinski definition) is 1. The molecule has 1 aromatic carbocycles. The average molecular weight is 473 g/mol. The fourth-order valence-electron chi connectivity index (χ4n) is 5.12. The van der Waals surface area contributed by atoms with Crippen LogP contribution >= 0.6 is 0 Å². The second-order valence-corrected chi connectivity index (χ2v) is 10.0. The molecule has 1 fully saturated rings. The van der Waals surface area contributed by atoms with Gasteiger partial charge in [-0.15, -0.1) is 0 Å². The fraction of sp³-hybridized carbons (Fsp3) is 0.407. The van der Waals surface area contributed by atoms with Crippen LogP contribution in [-0.4, -0.2) is 67.7 Å². The predicted octanol–water partition coefficient (Wildman–Crippen LogP) is 3.97. The molecule has 4 aromatic rings. The van der Waals surface area contributed by atoms with Crippen LogP contribution in [0.1, 0.15) is 48.8 Å². The van der Waals surface area contributed by atoms with E-state index in [-0.39, 0.29) is 12.5 Å². The Morgan fingerprint density at radius 2 is 2.00 bits per heavy atom. The van der Waals surface area contributed by atoms with Gasteiger partial charge in [-0.25, -0.2) is 9.97 Å². The molecule has 1 saturated heterocycles. The number of piperidine rings is 1. The van der Waals surface area contributed by atoms with Crippen molar-refractivity contribution in [2.75, 3.05) is 31.6 Å². The van der Waals surface area contributed by atoms with Crippen molar-refractivity contribution in [2.24, 2.45) is 0 Å². The number of aromatic nitrogens is 4. The molecule has 0 spiro atoms. The summed E-state index contributed by atoms with van der Waals surface area (Å²) in [5, 5.41) is 11.5. The molecule has 1 atom stereocenters. The molecule has 182 valence electrons. The van der Waals surface area contributed by atoms with Crippen LogP contribution in [0, 0.1) is 6.92 Å². The van der Waals surface area contributed by atoms with Crippen LogP contribution in [0.4, 0.5) is 5.69 Å². The van der Waals surface area contributed by atoms with Crippen molar-refractivity contribution in [3.05, 3.63) is 60.2 Å². The molecule has 3 aromatic heterocycles. The molecule has 1 N–H and O–H groups in total. The fourth-order valence-corrected chi connectivity index (χ4v) is 5.12. The van der Waals surface area contributed by atoms with Crippen molar-refractivity contribution in [3.8, 4) is 0 Å². The van der Waals surface area contributed by atoms with E-state index in [1.807, 2.05) is 49.6 Å². The summed E-state index contributed by atoms with van der Waals surface area (Å²) in [5.41, 5.74) is 4.94. The minimum absolute atomic E-state index is 0.122. The average Bonchev–Trinajstić information content (AvgIpc) is 3.26. The van der Waals surface area contributed by atoms with Crippen LogP contribution in [0.5, 0.6) is 0 Å². The van der Waals surface area contributed by atoms with Crippen LogP contribution in [0.2, 0.25) is 0 Å². The molecule has 0 radical (unpaired) electrons. The van der Waals surface area contributed by atoms with Crippen molar-refractivity contribution in [1.29, 1.82) is 0 Å². The number of imidazole rings is 1. The van der Waals surface area contributed by atoms with Crippen molar-refractivity contribution in [2.45, 2.75) is 45.3 Å². The molecule has 5 rings (SSSR count). The first-order chi connectivity index (χ1) is 16.7. The second kappa shape index (κ2) is 8.92. The molecule has 0 aliphatic carbocycles. The van der Waals surface area contributed by atoms with Crippen LogP contribution in [0.3, 0.4) is 0 Å². The maximum atomic E-state index is 13.3. The van der Waals surface area contributed by atoms with E-state index in [0.29, 0.717) is 24.6 Å². The first-order valence-electron chi connectivity index (χ1n) is 12.2. The standard InChI is InChI=1S/C27H32N6O2/c1-18(2)33-17-29-22-14-20(7-9-23(22)33)26(34)31(4)15-27(35)11-5-13-32(16-27)24-10-12-28-21-8-6-19(3)30-25(21)24/h6-10,12,14,17-18,35H,5,11,13,15-16H2,1-4H3. The number of amides is 1. The Morgan fingerprint density at radius 1 is 1.17 bits per heavy atom. The predicted molar refractivity (Wildman–Crippen MR) is 138 cm³/mol. The first kappa shape index (κ1) is 23.2. The number of hydrogen-bond acceptors (Lipinski definition) is 6. The lowest BCUT2D eigenvalue weighted by molar-refractivity contribution is 0.0000672. The van der Waals surface area contributed by atoms with Crippen LogP contribution < -0.4 is 4.90 Å². The van der Waals surface area contributed by atoms with Crippen LogP contribution in [0.15, 0.2) is 48.9 Å². The smallest absolute Gasteiger partial charge is 0.253 e. The highest BCUT2D eigenvalue weighted by molar-refractivity contribution is 5.97. The normalized spacial score (nSPS) is 18.5. The summed E-state index contributed by atoms with van der Waals surface area (Å²) in [6, 6.07) is 11.8. The lowest BCUT2D eigenvalue weighted by Crippen LogP contribution is -2.54. The molecule has 1 unspecified atom stereocenters. The molecular formula is C27H32N6O2. The van der Waals surface area contributed by atoms with Crippen molar-refractivity contribution < 1.29 is 9.90 Å². The molecule has 1 aliphatic heterocycles. The number of β-amino-alcohol motifs (C(OH)–C–C–N with tert-alkyl or cyclic N) is 1. The number of carbonyl (C=O) groups excluding carboxylic acids is 1. The summed E-state index contributed by atoms with van der Waals surface area (Å²) in [4.78, 5) is 30.7. The van der Waals surface area contributed by atoms with Gasteiger partial charge in [-0.1, -0.05) is 0 Å². The zero-order valence-electron chi connectivity index (χ0n) is 20.8. The van der Waals surface area contributed by atoms with E-state index in [1.54, 1.807) is 18.1 Å². The highest BCUT2D eigenvalue weighted by Crippen LogP contribution is 2.31. The zero-order chi connectivity index (χ0) is 24.7. The van der Waals surface area contributed by atoms with E-state index >= 15 is 0 Å². The van der Waals surface area contributed by atoms with Gasteiger partial charge < -0.3 is 19.5 Å². The number of fused-ring (bicyclic) bond motifs is 2. The molecule has 4 heterocycles. The number of pyridine rings is 2. The summed E-state index contributed by atoms with van der Waals surface area (Å²) in [7, 11) is 1.75. The zero-order valence-corrected chi connectivity index (χ0v) is 20.8. The Morgan fingerprint density at radius 3 is 2.80 bits per heavy atom. The second-order valence-electron chi connectivity index (χ2n) is 10.0. The van der Waals surface area contributed by atoms with E-state index < -0.39 is 5.60 Å². The van der Waals surface area contributed by atoms with Crippen molar-refractivity contribution in [3.63, 3.8) is 0 Å². The van der Waals surface area contributed by atoms with Crippen molar-refractivity contribution >= 4 is 33.7 Å². The number of aliphatic hydroxyl groups is 1. The molecule has 1 amide bonds. The van der Waals surface area contributed by atoms with Crippen molar-refractivity contribution in [1.82, 2.24) is 24.4 Å². The molecule has 8 heteroatoms. The van der Waals surface area contributed by atoms with E-state index in [9.17, 15) is 9.90 Å². The van der Waals surface area contributed by atoms with Gasteiger partial charge in [-0.3, -0.25) is 9.78 Å². The largest absolute Gasteiger partial charge is 0.386 e. The maximum absolute atomic E-state index is 13.3. The number of aryl methyl sites for hydroxylation is 1. The molecule has 0 saturated carbocycles. The lowest BCUT2D eigenvalue weighted by Gasteiger charge is -2.42. The topological polar surface area (TPSA) is 87.4 Å². The van der Waals surface area contributed by atoms with E-state index in [4.69, 9.17) is 4.98 Å². The number of benzene rings is 1. The minimum atomic E-state index is -1.02. The summed E-state index contributed by atoms with van der Waals surface area (Å²) < 4.78 is 2.09. The summed E-state index contributed by atoms with van der Waals surface area (Å²) in [5.74, 6) is -0.122. The summed E-state index contributed by atoms with van der Waals surface area (Å²) in [6.45, 7) is 7.67. The number of nitrogens with zero attached hydrogens (tertiary/aromatic N) is 6. The van der Waals surface area contributed by atoms with Gasteiger partial charge in [0, 0.05) is 43.6 Å². The molecular weight excluding hydrogens is 440 g/mol. The molecule has 35 heavy (non-hydrogen) atoms. The highest BCUT2D eigenvalue weighted by atomic mass is 16.3. The third kappa shape index (κ3) is 4.46. The molecule has 0 bridgehead atoms. The number of likely N-dealkylation sites (N-methyl/N-ethyl adjacent to an activating group) is 1. The third-order valence-electron chi connectivity index (χ3n) is 6.85. The van der Waals surface area contributed by atoms with Gasteiger partial charge in [0.1, 0.15) is 5.52 Å². The van der Waals surface area contributed by atoms with Gasteiger partial charge in [-0.2, -0.15) is 0 Å². The van der Waals surface area contributed by atoms with E-state index in [0.717, 1.165) is 46.4 Å². The maximum Gasteiger partial charge on any atom is 0.253 e. The molecule has 1 aliphatic rings. The quantitative estimate of drug-likeness (QED) is 0.473. The minimum Gasteiger partial charge on any atom is -0.386 e. The van der Waals surface area contributed by atoms with Gasteiger partial charge in [0.05, 0.1) is 40.7 Å². The first-order valence-corrected chi connectivity index (χ1v) is 12.2. The van der Waals surface area contributed by atoms with Gasteiger partial charge in [0.15, 0.2) is 0 Å². The van der Waals surface area contributed by atoms with Gasteiger partial charge in [0.2, 0.25) is 0 Å². The van der Waals surface area contributed by atoms with Crippen LogP contribution in [0.25, 0.3) is 22.1 Å². The number of rotatable bonds is 5. The Labute approximate surface area is 205 Å².